The van der Waals surface area contributed by atoms with Crippen LogP contribution in [0.4, 0.5) is 5.82 Å². The van der Waals surface area contributed by atoms with Crippen molar-refractivity contribution in [1.82, 2.24) is 9.97 Å². The summed E-state index contributed by atoms with van der Waals surface area (Å²) < 4.78 is 10.5. The first-order chi connectivity index (χ1) is 7.74. The van der Waals surface area contributed by atoms with E-state index in [1.165, 1.54) is 0 Å². The highest BCUT2D eigenvalue weighted by Crippen LogP contribution is 2.18. The lowest BCUT2D eigenvalue weighted by Gasteiger charge is -2.12. The number of hydrogen-bond donors (Lipinski definition) is 1. The molecule has 0 aliphatic carbocycles. The number of hydrogen-bond acceptors (Lipinski definition) is 5. The smallest absolute Gasteiger partial charge is 0.257 e. The molecule has 0 aliphatic heterocycles. The van der Waals surface area contributed by atoms with E-state index in [1.54, 1.807) is 19.5 Å². The molecule has 16 heavy (non-hydrogen) atoms. The van der Waals surface area contributed by atoms with Gasteiger partial charge in [-0.25, -0.2) is 9.97 Å². The predicted octanol–water partition coefficient (Wildman–Crippen LogP) is 1.71. The van der Waals surface area contributed by atoms with E-state index in [2.05, 4.69) is 15.3 Å². The Morgan fingerprint density at radius 1 is 1.25 bits per heavy atom. The van der Waals surface area contributed by atoms with Crippen LogP contribution in [0, 0.1) is 0 Å². The highest BCUT2D eigenvalue weighted by atomic mass is 16.5. The minimum Gasteiger partial charge on any atom is -0.475 e. The van der Waals surface area contributed by atoms with Gasteiger partial charge in [-0.1, -0.05) is 0 Å². The molecular weight excluding hydrogens is 206 g/mol. The zero-order chi connectivity index (χ0) is 11.8. The van der Waals surface area contributed by atoms with Crippen molar-refractivity contribution in [2.45, 2.75) is 26.3 Å². The van der Waals surface area contributed by atoms with Crippen molar-refractivity contribution < 1.29 is 9.47 Å². The molecule has 0 radical (unpaired) electrons. The third-order valence-corrected chi connectivity index (χ3v) is 1.82. The van der Waals surface area contributed by atoms with Crippen LogP contribution in [0.25, 0.3) is 0 Å². The maximum absolute atomic E-state index is 5.52. The van der Waals surface area contributed by atoms with Gasteiger partial charge in [0, 0.05) is 38.6 Å². The van der Waals surface area contributed by atoms with Gasteiger partial charge < -0.3 is 14.8 Å². The van der Waals surface area contributed by atoms with Crippen molar-refractivity contribution in [3.8, 4) is 5.88 Å². The first-order valence-corrected chi connectivity index (χ1v) is 5.43. The number of aromatic nitrogens is 2. The molecule has 0 bridgehead atoms. The molecule has 0 spiro atoms. The zero-order valence-corrected chi connectivity index (χ0v) is 10.1. The molecule has 0 unspecified atom stereocenters. The summed E-state index contributed by atoms with van der Waals surface area (Å²) in [7, 11) is 1.67. The Labute approximate surface area is 96.2 Å². The van der Waals surface area contributed by atoms with E-state index >= 15 is 0 Å². The fourth-order valence-corrected chi connectivity index (χ4v) is 1.18. The van der Waals surface area contributed by atoms with E-state index in [1.807, 2.05) is 13.8 Å². The van der Waals surface area contributed by atoms with Crippen LogP contribution in [0.3, 0.4) is 0 Å². The van der Waals surface area contributed by atoms with E-state index in [0.717, 1.165) is 6.42 Å². The molecule has 1 rings (SSSR count). The number of nitrogens with zero attached hydrogens (tertiary/aromatic N) is 2. The number of anilines is 1. The SMILES string of the molecule is COCCCOc1nccnc1NC(C)C. The van der Waals surface area contributed by atoms with Crippen molar-refractivity contribution in [1.29, 1.82) is 0 Å². The summed E-state index contributed by atoms with van der Waals surface area (Å²) in [5, 5.41) is 3.18. The van der Waals surface area contributed by atoms with Gasteiger partial charge in [0.05, 0.1) is 6.61 Å². The standard InChI is InChI=1S/C11H19N3O2/c1-9(2)14-10-11(13-6-5-12-10)16-8-4-7-15-3/h5-6,9H,4,7-8H2,1-3H3,(H,12,14). The third-order valence-electron chi connectivity index (χ3n) is 1.82. The van der Waals surface area contributed by atoms with E-state index < -0.39 is 0 Å². The van der Waals surface area contributed by atoms with Crippen LogP contribution in [0.2, 0.25) is 0 Å². The Kier molecular flexibility index (Phi) is 5.56. The number of rotatable bonds is 7. The first-order valence-electron chi connectivity index (χ1n) is 5.43. The van der Waals surface area contributed by atoms with Crippen LogP contribution in [0.1, 0.15) is 20.3 Å². The normalized spacial score (nSPS) is 10.5. The van der Waals surface area contributed by atoms with Crippen molar-refractivity contribution in [3.05, 3.63) is 12.4 Å². The Morgan fingerprint density at radius 3 is 2.69 bits per heavy atom. The summed E-state index contributed by atoms with van der Waals surface area (Å²) in [6, 6.07) is 0.304. The second-order valence-corrected chi connectivity index (χ2v) is 3.70. The molecule has 1 aromatic rings. The van der Waals surface area contributed by atoms with Crippen LogP contribution in [-0.2, 0) is 4.74 Å². The Morgan fingerprint density at radius 2 is 2.00 bits per heavy atom. The van der Waals surface area contributed by atoms with Crippen LogP contribution in [0.5, 0.6) is 5.88 Å². The van der Waals surface area contributed by atoms with Gasteiger partial charge in [-0.15, -0.1) is 0 Å². The quantitative estimate of drug-likeness (QED) is 0.716. The highest BCUT2D eigenvalue weighted by Gasteiger charge is 2.06. The molecular formula is C11H19N3O2. The van der Waals surface area contributed by atoms with E-state index in [0.29, 0.717) is 31.0 Å². The lowest BCUT2D eigenvalue weighted by Crippen LogP contribution is -2.13. The second-order valence-electron chi connectivity index (χ2n) is 3.70. The molecule has 5 heteroatoms. The molecule has 1 N–H and O–H groups in total. The van der Waals surface area contributed by atoms with Gasteiger partial charge in [0.25, 0.3) is 5.88 Å². The summed E-state index contributed by atoms with van der Waals surface area (Å²) in [6.45, 7) is 5.36. The molecule has 0 aliphatic rings. The summed E-state index contributed by atoms with van der Waals surface area (Å²) in [4.78, 5) is 8.33. The largest absolute Gasteiger partial charge is 0.475 e. The molecule has 0 saturated heterocycles. The summed E-state index contributed by atoms with van der Waals surface area (Å²) >= 11 is 0. The maximum atomic E-state index is 5.52. The summed E-state index contributed by atoms with van der Waals surface area (Å²) in [5.74, 6) is 1.24. The van der Waals surface area contributed by atoms with E-state index in [9.17, 15) is 0 Å². The average Bonchev–Trinajstić information content (AvgIpc) is 2.26. The van der Waals surface area contributed by atoms with Crippen LogP contribution < -0.4 is 10.1 Å². The summed E-state index contributed by atoms with van der Waals surface area (Å²) in [6.07, 6.45) is 4.11. The van der Waals surface area contributed by atoms with Gasteiger partial charge in [0.15, 0.2) is 5.82 Å². The molecule has 1 aromatic heterocycles. The molecule has 0 amide bonds. The fourth-order valence-electron chi connectivity index (χ4n) is 1.18. The average molecular weight is 225 g/mol. The molecule has 0 fully saturated rings. The number of nitrogens with one attached hydrogen (secondary N) is 1. The summed E-state index contributed by atoms with van der Waals surface area (Å²) in [5.41, 5.74) is 0. The molecule has 0 saturated carbocycles. The lowest BCUT2D eigenvalue weighted by atomic mass is 10.4. The van der Waals surface area contributed by atoms with Crippen LogP contribution >= 0.6 is 0 Å². The fraction of sp³-hybridized carbons (Fsp3) is 0.636. The predicted molar refractivity (Wildman–Crippen MR) is 62.8 cm³/mol. The first kappa shape index (κ1) is 12.7. The van der Waals surface area contributed by atoms with Crippen molar-refractivity contribution in [2.24, 2.45) is 0 Å². The molecule has 0 aromatic carbocycles. The molecule has 1 heterocycles. The minimum atomic E-state index is 0.304. The molecule has 90 valence electrons. The van der Waals surface area contributed by atoms with Gasteiger partial charge in [-0.05, 0) is 13.8 Å². The maximum Gasteiger partial charge on any atom is 0.257 e. The monoisotopic (exact) mass is 225 g/mol. The Hall–Kier alpha value is -1.36. The van der Waals surface area contributed by atoms with Gasteiger partial charge in [0.2, 0.25) is 0 Å². The van der Waals surface area contributed by atoms with E-state index in [4.69, 9.17) is 9.47 Å². The topological polar surface area (TPSA) is 56.3 Å². The highest BCUT2D eigenvalue weighted by molar-refractivity contribution is 5.45. The third kappa shape index (κ3) is 4.44. The number of methoxy groups -OCH3 is 1. The van der Waals surface area contributed by atoms with Gasteiger partial charge >= 0.3 is 0 Å². The molecule has 0 atom stereocenters. The van der Waals surface area contributed by atoms with Gasteiger partial charge in [-0.3, -0.25) is 0 Å². The van der Waals surface area contributed by atoms with Crippen molar-refractivity contribution in [2.75, 3.05) is 25.6 Å². The van der Waals surface area contributed by atoms with Gasteiger partial charge in [0.1, 0.15) is 0 Å². The number of ether oxygens (including phenoxy) is 2. The van der Waals surface area contributed by atoms with Crippen molar-refractivity contribution >= 4 is 5.82 Å². The van der Waals surface area contributed by atoms with Crippen LogP contribution in [-0.4, -0.2) is 36.3 Å². The lowest BCUT2D eigenvalue weighted by molar-refractivity contribution is 0.170. The van der Waals surface area contributed by atoms with E-state index in [-0.39, 0.29) is 0 Å². The molecule has 5 nitrogen and oxygen atoms in total. The Balaban J connectivity index is 2.50. The van der Waals surface area contributed by atoms with Crippen molar-refractivity contribution in [3.63, 3.8) is 0 Å². The zero-order valence-electron chi connectivity index (χ0n) is 10.1. The minimum absolute atomic E-state index is 0.304. The Bertz CT molecular complexity index is 305. The van der Waals surface area contributed by atoms with Crippen LogP contribution in [0.15, 0.2) is 12.4 Å². The second kappa shape index (κ2) is 7.00. The van der Waals surface area contributed by atoms with Gasteiger partial charge in [-0.2, -0.15) is 0 Å².